The smallest absolute Gasteiger partial charge is 0.270 e. The topological polar surface area (TPSA) is 48.1 Å². The highest BCUT2D eigenvalue weighted by Gasteiger charge is 2.26. The van der Waals surface area contributed by atoms with Crippen LogP contribution < -0.4 is 0 Å². The quantitative estimate of drug-likeness (QED) is 0.585. The fourth-order valence-corrected chi connectivity index (χ4v) is 3.97. The molecule has 0 amide bonds. The van der Waals surface area contributed by atoms with Crippen LogP contribution in [-0.4, -0.2) is 9.49 Å². The van der Waals surface area contributed by atoms with Crippen molar-refractivity contribution in [2.45, 2.75) is 51.5 Å². The van der Waals surface area contributed by atoms with Crippen LogP contribution in [0.25, 0.3) is 10.9 Å². The molecule has 0 unspecified atom stereocenters. The Morgan fingerprint density at radius 1 is 1.05 bits per heavy atom. The molecular weight excluding hydrogens is 252 g/mol. The van der Waals surface area contributed by atoms with Gasteiger partial charge in [-0.2, -0.15) is 0 Å². The van der Waals surface area contributed by atoms with Gasteiger partial charge in [0.25, 0.3) is 5.69 Å². The molecule has 0 N–H and O–H groups in total. The fraction of sp³-hybridized carbons (Fsp3) is 0.500. The van der Waals surface area contributed by atoms with Gasteiger partial charge in [0.15, 0.2) is 0 Å². The van der Waals surface area contributed by atoms with Crippen LogP contribution in [0.5, 0.6) is 0 Å². The van der Waals surface area contributed by atoms with E-state index < -0.39 is 0 Å². The first-order valence-corrected chi connectivity index (χ1v) is 7.57. The Labute approximate surface area is 117 Å². The van der Waals surface area contributed by atoms with Crippen molar-refractivity contribution in [1.82, 2.24) is 4.57 Å². The van der Waals surface area contributed by atoms with Crippen LogP contribution in [-0.2, 0) is 25.8 Å². The van der Waals surface area contributed by atoms with Crippen LogP contribution in [0.15, 0.2) is 12.1 Å². The molecule has 104 valence electrons. The summed E-state index contributed by atoms with van der Waals surface area (Å²) in [5.41, 5.74) is 5.56. The van der Waals surface area contributed by atoms with Crippen LogP contribution in [0.2, 0.25) is 0 Å². The number of benzene rings is 1. The van der Waals surface area contributed by atoms with Crippen molar-refractivity contribution in [3.05, 3.63) is 39.1 Å². The molecule has 20 heavy (non-hydrogen) atoms. The van der Waals surface area contributed by atoms with E-state index in [0.717, 1.165) is 31.2 Å². The van der Waals surface area contributed by atoms with Crippen molar-refractivity contribution in [1.29, 1.82) is 0 Å². The Balaban J connectivity index is 2.01. The van der Waals surface area contributed by atoms with E-state index in [1.54, 1.807) is 12.1 Å². The molecule has 0 fully saturated rings. The number of fused-ring (bicyclic) bond motifs is 3. The summed E-state index contributed by atoms with van der Waals surface area (Å²) in [7, 11) is 0. The molecule has 1 aromatic carbocycles. The Kier molecular flexibility index (Phi) is 2.59. The van der Waals surface area contributed by atoms with Gasteiger partial charge < -0.3 is 4.57 Å². The lowest BCUT2D eigenvalue weighted by Gasteiger charge is -2.13. The summed E-state index contributed by atoms with van der Waals surface area (Å²) in [5.74, 6) is 0. The lowest BCUT2D eigenvalue weighted by Crippen LogP contribution is -2.05. The lowest BCUT2D eigenvalue weighted by molar-refractivity contribution is -0.384. The SMILES string of the molecule is O=[N+]([O-])c1cc2c3c(c1)c1c(n3CC2)CCCCCC1. The van der Waals surface area contributed by atoms with Gasteiger partial charge in [-0.15, -0.1) is 0 Å². The standard InChI is InChI=1S/C16H18N2O2/c19-18(20)12-9-11-7-8-17-15-6-4-2-1-3-5-13(15)14(10-12)16(11)17/h9-10H,1-8H2. The summed E-state index contributed by atoms with van der Waals surface area (Å²) in [4.78, 5) is 10.9. The molecule has 0 atom stereocenters. The Morgan fingerprint density at radius 3 is 2.65 bits per heavy atom. The van der Waals surface area contributed by atoms with Gasteiger partial charge in [-0.05, 0) is 43.2 Å². The number of aromatic nitrogens is 1. The van der Waals surface area contributed by atoms with Crippen molar-refractivity contribution in [3.63, 3.8) is 0 Å². The first kappa shape index (κ1) is 11.9. The monoisotopic (exact) mass is 270 g/mol. The minimum atomic E-state index is -0.249. The van der Waals surface area contributed by atoms with Gasteiger partial charge in [0.2, 0.25) is 0 Å². The largest absolute Gasteiger partial charge is 0.344 e. The molecule has 2 aliphatic rings. The molecule has 2 aromatic rings. The van der Waals surface area contributed by atoms with Gasteiger partial charge in [0.1, 0.15) is 0 Å². The molecule has 4 nitrogen and oxygen atoms in total. The third-order valence-corrected chi connectivity index (χ3v) is 4.85. The predicted molar refractivity (Wildman–Crippen MR) is 78.2 cm³/mol. The Hall–Kier alpha value is -1.84. The third kappa shape index (κ3) is 1.60. The maximum atomic E-state index is 11.1. The Morgan fingerprint density at radius 2 is 1.85 bits per heavy atom. The van der Waals surface area contributed by atoms with E-state index in [-0.39, 0.29) is 10.6 Å². The highest BCUT2D eigenvalue weighted by atomic mass is 16.6. The first-order chi connectivity index (χ1) is 9.75. The average molecular weight is 270 g/mol. The molecule has 4 heteroatoms. The summed E-state index contributed by atoms with van der Waals surface area (Å²) in [6.07, 6.45) is 8.23. The van der Waals surface area contributed by atoms with E-state index in [4.69, 9.17) is 0 Å². The molecule has 0 radical (unpaired) electrons. The van der Waals surface area contributed by atoms with Crippen LogP contribution >= 0.6 is 0 Å². The Bertz CT molecular complexity index is 715. The first-order valence-electron chi connectivity index (χ1n) is 7.57. The molecule has 0 bridgehead atoms. The molecule has 4 rings (SSSR count). The summed E-state index contributed by atoms with van der Waals surface area (Å²) in [6, 6.07) is 3.58. The zero-order valence-corrected chi connectivity index (χ0v) is 11.5. The number of nitro groups is 1. The number of hydrogen-bond donors (Lipinski definition) is 0. The van der Waals surface area contributed by atoms with Gasteiger partial charge in [0.05, 0.1) is 10.4 Å². The second kappa shape index (κ2) is 4.33. The molecule has 1 aromatic heterocycles. The number of aryl methyl sites for hydroxylation is 3. The van der Waals surface area contributed by atoms with Crippen LogP contribution in [0.3, 0.4) is 0 Å². The van der Waals surface area contributed by atoms with E-state index in [1.165, 1.54) is 48.0 Å². The van der Waals surface area contributed by atoms with Crippen LogP contribution in [0.4, 0.5) is 5.69 Å². The summed E-state index contributed by atoms with van der Waals surface area (Å²) in [5, 5.41) is 12.3. The molecule has 0 spiro atoms. The van der Waals surface area contributed by atoms with Gasteiger partial charge in [-0.3, -0.25) is 10.1 Å². The van der Waals surface area contributed by atoms with Crippen LogP contribution in [0, 0.1) is 10.1 Å². The van der Waals surface area contributed by atoms with Gasteiger partial charge in [0, 0.05) is 29.8 Å². The van der Waals surface area contributed by atoms with Crippen molar-refractivity contribution < 1.29 is 4.92 Å². The molecular formula is C16H18N2O2. The van der Waals surface area contributed by atoms with Gasteiger partial charge in [-0.1, -0.05) is 12.8 Å². The zero-order valence-electron chi connectivity index (χ0n) is 11.5. The van der Waals surface area contributed by atoms with Crippen molar-refractivity contribution in [2.75, 3.05) is 0 Å². The van der Waals surface area contributed by atoms with E-state index in [2.05, 4.69) is 4.57 Å². The highest BCUT2D eigenvalue weighted by Crippen LogP contribution is 2.38. The minimum absolute atomic E-state index is 0.249. The molecule has 1 aliphatic heterocycles. The van der Waals surface area contributed by atoms with E-state index in [0.29, 0.717) is 0 Å². The van der Waals surface area contributed by atoms with E-state index in [1.807, 2.05) is 0 Å². The van der Waals surface area contributed by atoms with Gasteiger partial charge >= 0.3 is 0 Å². The molecule has 1 aliphatic carbocycles. The van der Waals surface area contributed by atoms with E-state index >= 15 is 0 Å². The van der Waals surface area contributed by atoms with Crippen LogP contribution in [0.1, 0.15) is 42.5 Å². The number of rotatable bonds is 1. The summed E-state index contributed by atoms with van der Waals surface area (Å²) in [6.45, 7) is 1.00. The third-order valence-electron chi connectivity index (χ3n) is 4.85. The number of non-ortho nitro benzene ring substituents is 1. The maximum absolute atomic E-state index is 11.1. The minimum Gasteiger partial charge on any atom is -0.344 e. The summed E-state index contributed by atoms with van der Waals surface area (Å²) >= 11 is 0. The maximum Gasteiger partial charge on any atom is 0.270 e. The van der Waals surface area contributed by atoms with Crippen molar-refractivity contribution in [2.24, 2.45) is 0 Å². The average Bonchev–Trinajstić information content (AvgIpc) is 2.93. The number of nitrogens with zero attached hydrogens (tertiary/aromatic N) is 2. The molecule has 2 heterocycles. The predicted octanol–water partition coefficient (Wildman–Crippen LogP) is 3.76. The lowest BCUT2D eigenvalue weighted by atomic mass is 9.95. The second-order valence-corrected chi connectivity index (χ2v) is 6.00. The zero-order chi connectivity index (χ0) is 13.7. The van der Waals surface area contributed by atoms with Crippen molar-refractivity contribution in [3.8, 4) is 0 Å². The van der Waals surface area contributed by atoms with Crippen molar-refractivity contribution >= 4 is 16.6 Å². The molecule has 0 saturated heterocycles. The second-order valence-electron chi connectivity index (χ2n) is 6.00. The number of nitro benzene ring substituents is 1. The highest BCUT2D eigenvalue weighted by molar-refractivity contribution is 5.91. The van der Waals surface area contributed by atoms with Gasteiger partial charge in [-0.25, -0.2) is 0 Å². The van der Waals surface area contributed by atoms with E-state index in [9.17, 15) is 10.1 Å². The molecule has 0 saturated carbocycles. The summed E-state index contributed by atoms with van der Waals surface area (Å²) < 4.78 is 2.44. The number of hydrogen-bond acceptors (Lipinski definition) is 2. The normalized spacial score (nSPS) is 17.8. The fourth-order valence-electron chi connectivity index (χ4n) is 3.97.